The maximum atomic E-state index is 14.8. The molecule has 2 aromatic heterocycles. The molecule has 0 bridgehead atoms. The Labute approximate surface area is 340 Å². The Morgan fingerprint density at radius 2 is 1.88 bits per heavy atom. The van der Waals surface area contributed by atoms with E-state index in [1.165, 1.54) is 28.4 Å². The first kappa shape index (κ1) is 39.7. The van der Waals surface area contributed by atoms with E-state index in [0.717, 1.165) is 24.8 Å². The van der Waals surface area contributed by atoms with E-state index < -0.39 is 62.0 Å². The number of anilines is 1. The van der Waals surface area contributed by atoms with Crippen molar-refractivity contribution >= 4 is 55.7 Å². The highest BCUT2D eigenvalue weighted by molar-refractivity contribution is 7.91. The molecule has 16 heteroatoms. The number of amides is 3. The van der Waals surface area contributed by atoms with E-state index in [1.54, 1.807) is 32.4 Å². The molecule has 2 saturated carbocycles. The van der Waals surface area contributed by atoms with Gasteiger partial charge in [0.25, 0.3) is 5.91 Å². The van der Waals surface area contributed by atoms with Crippen molar-refractivity contribution in [3.8, 4) is 22.2 Å². The number of hydrogen-bond donors (Lipinski definition) is 3. The smallest absolute Gasteiger partial charge is 0.259 e. The SMILES string of the molecule is COc1ccc2c(O[C@@H]3C[C@H]4C(=O)N[C@]5(C(=O)NS(=O)(=O)C6(C)CC6)C[C@H]5C=CCCCCC[C@H](Nc5ccc(F)cc5)C(=O)N4C3)cc(-c3nccs3)nc2c1C. The van der Waals surface area contributed by atoms with Crippen molar-refractivity contribution in [3.63, 3.8) is 0 Å². The first-order chi connectivity index (χ1) is 27.8. The third kappa shape index (κ3) is 7.75. The molecule has 2 aliphatic heterocycles. The summed E-state index contributed by atoms with van der Waals surface area (Å²) in [6.45, 7) is 3.55. The Morgan fingerprint density at radius 3 is 2.60 bits per heavy atom. The lowest BCUT2D eigenvalue weighted by Crippen LogP contribution is -2.58. The van der Waals surface area contributed by atoms with Crippen LogP contribution in [0.4, 0.5) is 10.1 Å². The summed E-state index contributed by atoms with van der Waals surface area (Å²) in [6, 6.07) is 9.46. The van der Waals surface area contributed by atoms with Gasteiger partial charge in [-0.05, 0) is 88.8 Å². The highest BCUT2D eigenvalue weighted by Crippen LogP contribution is 2.48. The molecule has 0 unspecified atom stereocenters. The number of hydrogen-bond acceptors (Lipinski definition) is 11. The molecule has 1 saturated heterocycles. The number of allylic oxidation sites excluding steroid dienone is 1. The minimum Gasteiger partial charge on any atom is -0.496 e. The molecular weight excluding hydrogens is 784 g/mol. The van der Waals surface area contributed by atoms with Crippen LogP contribution in [0.3, 0.4) is 0 Å². The summed E-state index contributed by atoms with van der Waals surface area (Å²) in [5.74, 6) is -1.40. The van der Waals surface area contributed by atoms with E-state index in [0.29, 0.717) is 64.5 Å². The van der Waals surface area contributed by atoms with Gasteiger partial charge in [0.05, 0.1) is 23.9 Å². The van der Waals surface area contributed by atoms with Crippen LogP contribution in [0.2, 0.25) is 0 Å². The predicted molar refractivity (Wildman–Crippen MR) is 218 cm³/mol. The Balaban J connectivity index is 1.14. The maximum Gasteiger partial charge on any atom is 0.259 e. The van der Waals surface area contributed by atoms with Crippen LogP contribution < -0.4 is 24.8 Å². The number of sulfonamides is 1. The molecule has 4 aromatic rings. The van der Waals surface area contributed by atoms with E-state index in [-0.39, 0.29) is 25.3 Å². The summed E-state index contributed by atoms with van der Waals surface area (Å²) in [6.07, 6.45) is 9.60. The number of rotatable bonds is 9. The normalized spacial score (nSPS) is 25.8. The van der Waals surface area contributed by atoms with Crippen LogP contribution in [-0.2, 0) is 24.4 Å². The Morgan fingerprint density at radius 1 is 1.09 bits per heavy atom. The van der Waals surface area contributed by atoms with Crippen LogP contribution in [0.15, 0.2) is 66.2 Å². The molecule has 306 valence electrons. The predicted octanol–water partition coefficient (Wildman–Crippen LogP) is 6.04. The van der Waals surface area contributed by atoms with Crippen LogP contribution in [0, 0.1) is 18.7 Å². The number of pyridine rings is 1. The van der Waals surface area contributed by atoms with Crippen LogP contribution in [0.25, 0.3) is 21.6 Å². The summed E-state index contributed by atoms with van der Waals surface area (Å²) in [5, 5.41) is 9.50. The Bertz CT molecular complexity index is 2370. The lowest BCUT2D eigenvalue weighted by molar-refractivity contribution is -0.140. The summed E-state index contributed by atoms with van der Waals surface area (Å²) in [4.78, 5) is 54.3. The number of nitrogens with zero attached hydrogens (tertiary/aromatic N) is 3. The van der Waals surface area contributed by atoms with E-state index in [4.69, 9.17) is 14.5 Å². The maximum absolute atomic E-state index is 14.8. The van der Waals surface area contributed by atoms with Crippen molar-refractivity contribution in [2.45, 2.75) is 100 Å². The van der Waals surface area contributed by atoms with Gasteiger partial charge in [-0.2, -0.15) is 0 Å². The number of aryl methyl sites for hydroxylation is 1. The number of carbonyl (C=O) groups excluding carboxylic acids is 3. The van der Waals surface area contributed by atoms with Gasteiger partial charge >= 0.3 is 0 Å². The van der Waals surface area contributed by atoms with Crippen molar-refractivity contribution in [3.05, 3.63) is 77.6 Å². The second-order valence-corrected chi connectivity index (χ2v) is 19.1. The molecule has 2 aliphatic carbocycles. The summed E-state index contributed by atoms with van der Waals surface area (Å²) in [7, 11) is -2.40. The van der Waals surface area contributed by atoms with Crippen molar-refractivity contribution in [1.29, 1.82) is 0 Å². The molecule has 3 fully saturated rings. The second-order valence-electron chi connectivity index (χ2n) is 16.0. The average Bonchev–Trinajstić information content (AvgIpc) is 3.95. The third-order valence-electron chi connectivity index (χ3n) is 12.0. The van der Waals surface area contributed by atoms with Gasteiger partial charge in [-0.3, -0.25) is 19.1 Å². The largest absolute Gasteiger partial charge is 0.496 e. The van der Waals surface area contributed by atoms with Crippen LogP contribution in [0.5, 0.6) is 11.5 Å². The van der Waals surface area contributed by atoms with E-state index in [1.807, 2.05) is 42.7 Å². The number of halogens is 1. The Kier molecular flexibility index (Phi) is 10.7. The lowest BCUT2D eigenvalue weighted by Gasteiger charge is -2.30. The van der Waals surface area contributed by atoms with Gasteiger partial charge in [0.15, 0.2) is 0 Å². The second kappa shape index (κ2) is 15.6. The Hall–Kier alpha value is -5.09. The van der Waals surface area contributed by atoms with Crippen LogP contribution in [-0.4, -0.2) is 83.1 Å². The van der Waals surface area contributed by atoms with Crippen LogP contribution in [0.1, 0.15) is 70.3 Å². The molecule has 58 heavy (non-hydrogen) atoms. The summed E-state index contributed by atoms with van der Waals surface area (Å²) >= 11 is 1.43. The van der Waals surface area contributed by atoms with Gasteiger partial charge in [0.2, 0.25) is 21.8 Å². The van der Waals surface area contributed by atoms with E-state index in [9.17, 15) is 27.2 Å². The summed E-state index contributed by atoms with van der Waals surface area (Å²) < 4.78 is 54.0. The standard InChI is InChI=1S/C42H47FN6O7S2/c1-25-34(55-3)16-15-30-35(22-32(46-36(25)30)38-44-19-20-57-38)56-29-21-33-37(50)47-42(40(52)48-58(53,54)41(2)17-18-41)23-26(42)9-7-5-4-6-8-10-31(39(51)49(33)24-29)45-28-13-11-27(43)12-14-28/h7,9,11-16,19-20,22,26,29,31,33,45H,4-6,8,10,17-18,21,23-24H2,1-3H3,(H,47,50)(H,48,52)/t26-,29-,31+,33+,42-/m1/s1. The fraction of sp³-hybridized carbons (Fsp3) is 0.452. The highest BCUT2D eigenvalue weighted by Gasteiger charge is 2.63. The fourth-order valence-electron chi connectivity index (χ4n) is 8.03. The number of fused-ring (bicyclic) bond motifs is 3. The molecule has 3 N–H and O–H groups in total. The monoisotopic (exact) mass is 830 g/mol. The zero-order valence-electron chi connectivity index (χ0n) is 32.6. The van der Waals surface area contributed by atoms with Crippen LogP contribution >= 0.6 is 11.3 Å². The van der Waals surface area contributed by atoms with Crippen molar-refractivity contribution in [2.24, 2.45) is 5.92 Å². The lowest BCUT2D eigenvalue weighted by atomic mass is 10.0. The van der Waals surface area contributed by atoms with Gasteiger partial charge in [-0.15, -0.1) is 11.3 Å². The molecule has 8 rings (SSSR count). The number of ether oxygens (including phenoxy) is 2. The van der Waals surface area contributed by atoms with Gasteiger partial charge < -0.3 is 25.0 Å². The molecule has 3 amide bonds. The van der Waals surface area contributed by atoms with Gasteiger partial charge in [-0.1, -0.05) is 25.0 Å². The molecule has 0 radical (unpaired) electrons. The molecule has 2 aromatic carbocycles. The van der Waals surface area contributed by atoms with Crippen molar-refractivity contribution in [2.75, 3.05) is 19.0 Å². The fourth-order valence-corrected chi connectivity index (χ4v) is 9.94. The number of methoxy groups -OCH3 is 1. The number of nitrogens with one attached hydrogen (secondary N) is 3. The molecule has 13 nitrogen and oxygen atoms in total. The van der Waals surface area contributed by atoms with E-state index >= 15 is 0 Å². The zero-order chi connectivity index (χ0) is 40.8. The highest BCUT2D eigenvalue weighted by atomic mass is 32.2. The molecule has 0 spiro atoms. The van der Waals surface area contributed by atoms with Gasteiger partial charge in [-0.25, -0.2) is 22.8 Å². The number of benzene rings is 2. The molecular formula is C42H47FN6O7S2. The summed E-state index contributed by atoms with van der Waals surface area (Å²) in [5.41, 5.74) is 1.10. The zero-order valence-corrected chi connectivity index (χ0v) is 34.3. The number of carbonyl (C=O) groups is 3. The third-order valence-corrected chi connectivity index (χ3v) is 14.9. The number of aromatic nitrogens is 2. The quantitative estimate of drug-likeness (QED) is 0.169. The van der Waals surface area contributed by atoms with Crippen molar-refractivity contribution < 1.29 is 36.7 Å². The first-order valence-corrected chi connectivity index (χ1v) is 22.1. The molecule has 4 heterocycles. The average molecular weight is 831 g/mol. The van der Waals surface area contributed by atoms with Gasteiger partial charge in [0.1, 0.15) is 51.7 Å². The molecule has 5 atom stereocenters. The number of thiazole rings is 1. The van der Waals surface area contributed by atoms with Gasteiger partial charge in [0, 0.05) is 46.6 Å². The van der Waals surface area contributed by atoms with Crippen molar-refractivity contribution in [1.82, 2.24) is 24.9 Å². The first-order valence-electron chi connectivity index (χ1n) is 19.7. The molecule has 4 aliphatic rings. The minimum absolute atomic E-state index is 0.0410. The topological polar surface area (TPSA) is 169 Å². The minimum atomic E-state index is -3.99. The van der Waals surface area contributed by atoms with E-state index in [2.05, 4.69) is 20.3 Å².